The number of allylic oxidation sites excluding steroid dienone is 3. The molecule has 3 fully saturated rings. The molecule has 0 aromatic rings. The van der Waals surface area contributed by atoms with E-state index in [-0.39, 0.29) is 18.6 Å². The van der Waals surface area contributed by atoms with Crippen LogP contribution in [0.4, 0.5) is 0 Å². The molecule has 34 heavy (non-hydrogen) atoms. The van der Waals surface area contributed by atoms with Gasteiger partial charge in [0.2, 0.25) is 5.78 Å². The zero-order valence-electron chi connectivity index (χ0n) is 20.8. The third-order valence-corrected chi connectivity index (χ3v) is 9.58. The van der Waals surface area contributed by atoms with E-state index < -0.39 is 68.4 Å². The number of ketones is 3. The molecule has 3 aliphatic carbocycles. The molecule has 6 atom stereocenters. The molecule has 8 nitrogen and oxygen atoms in total. The van der Waals surface area contributed by atoms with Gasteiger partial charge in [-0.05, 0) is 57.4 Å². The Morgan fingerprint density at radius 1 is 1.09 bits per heavy atom. The Bertz CT molecular complexity index is 1130. The zero-order chi connectivity index (χ0) is 25.8. The van der Waals surface area contributed by atoms with Gasteiger partial charge in [-0.1, -0.05) is 26.0 Å². The number of methoxy groups -OCH3 is 1. The maximum atomic E-state index is 13.9. The van der Waals surface area contributed by atoms with E-state index in [4.69, 9.17) is 9.47 Å². The molecule has 1 heterocycles. The molecule has 1 aliphatic heterocycles. The normalized spacial score (nSPS) is 43.6. The van der Waals surface area contributed by atoms with Crippen LogP contribution in [0.25, 0.3) is 0 Å². The monoisotopic (exact) mass is 472 g/mol. The third-order valence-electron chi connectivity index (χ3n) is 9.58. The standard InChI is InChI=1S/C26H32O8/c1-12-11-13-23(4)10-9-14(27)22(2,3)16(23)15(28)18(29)25(13,6)17-19(30)34-26(7,21(32)33-8)20(31)24(12,17)5/h13,17,28H,1,9-11H2,2-8H3. The summed E-state index contributed by atoms with van der Waals surface area (Å²) in [5.74, 6) is -5.69. The van der Waals surface area contributed by atoms with Crippen LogP contribution in [0, 0.1) is 33.5 Å². The number of rotatable bonds is 1. The Balaban J connectivity index is 1.99. The Morgan fingerprint density at radius 2 is 1.68 bits per heavy atom. The van der Waals surface area contributed by atoms with Gasteiger partial charge in [-0.3, -0.25) is 19.2 Å². The van der Waals surface area contributed by atoms with E-state index in [2.05, 4.69) is 6.58 Å². The lowest BCUT2D eigenvalue weighted by Gasteiger charge is -2.64. The van der Waals surface area contributed by atoms with Crippen molar-refractivity contribution < 1.29 is 38.6 Å². The number of carbonyl (C=O) groups is 5. The van der Waals surface area contributed by atoms with Gasteiger partial charge in [0, 0.05) is 11.8 Å². The summed E-state index contributed by atoms with van der Waals surface area (Å²) in [6.45, 7) is 13.8. The summed E-state index contributed by atoms with van der Waals surface area (Å²) in [4.78, 5) is 66.6. The van der Waals surface area contributed by atoms with Gasteiger partial charge in [0.15, 0.2) is 11.5 Å². The minimum Gasteiger partial charge on any atom is -0.504 e. The zero-order valence-corrected chi connectivity index (χ0v) is 20.8. The van der Waals surface area contributed by atoms with Crippen LogP contribution in [0.3, 0.4) is 0 Å². The lowest BCUT2D eigenvalue weighted by atomic mass is 9.37. The van der Waals surface area contributed by atoms with Crippen molar-refractivity contribution in [2.45, 2.75) is 66.4 Å². The maximum absolute atomic E-state index is 13.9. The van der Waals surface area contributed by atoms with Crippen LogP contribution in [0.5, 0.6) is 0 Å². The Morgan fingerprint density at radius 3 is 2.24 bits per heavy atom. The summed E-state index contributed by atoms with van der Waals surface area (Å²) in [6.07, 6.45) is 0.865. The van der Waals surface area contributed by atoms with Crippen LogP contribution in [0.2, 0.25) is 0 Å². The topological polar surface area (TPSA) is 124 Å². The highest BCUT2D eigenvalue weighted by atomic mass is 16.6. The largest absolute Gasteiger partial charge is 0.504 e. The van der Waals surface area contributed by atoms with Crippen molar-refractivity contribution in [1.29, 1.82) is 0 Å². The highest BCUT2D eigenvalue weighted by Crippen LogP contribution is 2.70. The number of hydrogen-bond acceptors (Lipinski definition) is 8. The first-order chi connectivity index (χ1) is 15.5. The Labute approximate surface area is 198 Å². The molecular formula is C26H32O8. The second kappa shape index (κ2) is 6.67. The number of ether oxygens (including phenoxy) is 2. The van der Waals surface area contributed by atoms with E-state index in [0.717, 1.165) is 7.11 Å². The summed E-state index contributed by atoms with van der Waals surface area (Å²) < 4.78 is 10.2. The SMILES string of the molecule is C=C1CC2C3(C)CCC(=O)C(C)(C)C3=C(O)C(=O)C2(C)C2C(=O)OC(C)(C(=O)OC)C(=O)C12C. The average Bonchev–Trinajstić information content (AvgIpc) is 2.75. The van der Waals surface area contributed by atoms with Gasteiger partial charge >= 0.3 is 11.9 Å². The summed E-state index contributed by atoms with van der Waals surface area (Å²) in [6, 6.07) is 0. The van der Waals surface area contributed by atoms with E-state index in [1.807, 2.05) is 6.92 Å². The number of aliphatic hydroxyl groups is 1. The van der Waals surface area contributed by atoms with E-state index in [0.29, 0.717) is 17.6 Å². The van der Waals surface area contributed by atoms with Crippen molar-refractivity contribution >= 4 is 29.3 Å². The van der Waals surface area contributed by atoms with Crippen LogP contribution in [0.15, 0.2) is 23.5 Å². The molecule has 0 aromatic carbocycles. The second-order valence-corrected chi connectivity index (χ2v) is 11.6. The first-order valence-electron chi connectivity index (χ1n) is 11.5. The summed E-state index contributed by atoms with van der Waals surface area (Å²) >= 11 is 0. The van der Waals surface area contributed by atoms with Crippen molar-refractivity contribution in [1.82, 2.24) is 0 Å². The Kier molecular flexibility index (Phi) is 4.78. The predicted octanol–water partition coefficient (Wildman–Crippen LogP) is 3.04. The van der Waals surface area contributed by atoms with Gasteiger partial charge in [-0.2, -0.15) is 0 Å². The molecule has 1 N–H and O–H groups in total. The number of carbonyl (C=O) groups excluding carboxylic acids is 5. The van der Waals surface area contributed by atoms with Crippen molar-refractivity contribution in [3.63, 3.8) is 0 Å². The molecule has 0 radical (unpaired) electrons. The summed E-state index contributed by atoms with van der Waals surface area (Å²) in [5.41, 5.74) is -6.32. The summed E-state index contributed by atoms with van der Waals surface area (Å²) in [5, 5.41) is 11.3. The van der Waals surface area contributed by atoms with E-state index in [1.165, 1.54) is 13.8 Å². The smallest absolute Gasteiger partial charge is 0.358 e. The first-order valence-corrected chi connectivity index (χ1v) is 11.5. The molecule has 4 aliphatic rings. The molecule has 0 bridgehead atoms. The number of esters is 2. The van der Waals surface area contributed by atoms with Crippen LogP contribution in [0.1, 0.15) is 60.8 Å². The molecule has 4 rings (SSSR count). The molecule has 6 unspecified atom stereocenters. The molecule has 0 aromatic heterocycles. The number of Topliss-reactive ketones (excluding diaryl/α,β-unsaturated/α-hetero) is 3. The van der Waals surface area contributed by atoms with Gasteiger partial charge in [0.1, 0.15) is 5.78 Å². The highest BCUT2D eigenvalue weighted by molar-refractivity contribution is 6.17. The number of cyclic esters (lactones) is 1. The van der Waals surface area contributed by atoms with Crippen molar-refractivity contribution in [2.24, 2.45) is 33.5 Å². The Hall–Kier alpha value is -2.77. The van der Waals surface area contributed by atoms with Gasteiger partial charge < -0.3 is 14.6 Å². The van der Waals surface area contributed by atoms with E-state index in [1.54, 1.807) is 20.8 Å². The highest BCUT2D eigenvalue weighted by Gasteiger charge is 2.76. The van der Waals surface area contributed by atoms with Crippen molar-refractivity contribution in [3.8, 4) is 0 Å². The number of aliphatic hydroxyl groups excluding tert-OH is 1. The lowest BCUT2D eigenvalue weighted by Crippen LogP contribution is -2.72. The van der Waals surface area contributed by atoms with Gasteiger partial charge in [-0.25, -0.2) is 4.79 Å². The molecular weight excluding hydrogens is 440 g/mol. The average molecular weight is 473 g/mol. The van der Waals surface area contributed by atoms with Crippen LogP contribution < -0.4 is 0 Å². The van der Waals surface area contributed by atoms with Gasteiger partial charge in [-0.15, -0.1) is 0 Å². The molecule has 0 spiro atoms. The minimum absolute atomic E-state index is 0.0662. The fourth-order valence-electron chi connectivity index (χ4n) is 7.70. The quantitative estimate of drug-likeness (QED) is 0.351. The van der Waals surface area contributed by atoms with Crippen LogP contribution in [-0.4, -0.2) is 47.1 Å². The van der Waals surface area contributed by atoms with Crippen molar-refractivity contribution in [3.05, 3.63) is 23.5 Å². The predicted molar refractivity (Wildman–Crippen MR) is 119 cm³/mol. The van der Waals surface area contributed by atoms with E-state index in [9.17, 15) is 29.1 Å². The van der Waals surface area contributed by atoms with Crippen LogP contribution >= 0.6 is 0 Å². The molecule has 8 heteroatoms. The summed E-state index contributed by atoms with van der Waals surface area (Å²) in [7, 11) is 1.10. The molecule has 0 amide bonds. The van der Waals surface area contributed by atoms with Crippen molar-refractivity contribution in [2.75, 3.05) is 7.11 Å². The second-order valence-electron chi connectivity index (χ2n) is 11.6. The fraction of sp³-hybridized carbons (Fsp3) is 0.654. The first kappa shape index (κ1) is 24.4. The number of fused-ring (bicyclic) bond motifs is 5. The molecule has 184 valence electrons. The number of hydrogen-bond donors (Lipinski definition) is 1. The third kappa shape index (κ3) is 2.41. The van der Waals surface area contributed by atoms with E-state index >= 15 is 0 Å². The minimum atomic E-state index is -2.17. The molecule has 1 saturated heterocycles. The maximum Gasteiger partial charge on any atom is 0.358 e. The van der Waals surface area contributed by atoms with Gasteiger partial charge in [0.25, 0.3) is 5.60 Å². The van der Waals surface area contributed by atoms with Gasteiger partial charge in [0.05, 0.1) is 23.9 Å². The fourth-order valence-corrected chi connectivity index (χ4v) is 7.70. The van der Waals surface area contributed by atoms with Crippen LogP contribution in [-0.2, 0) is 33.4 Å². The molecule has 2 saturated carbocycles. The lowest BCUT2D eigenvalue weighted by molar-refractivity contribution is -0.213.